The Labute approximate surface area is 138 Å². The van der Waals surface area contributed by atoms with Crippen molar-refractivity contribution in [2.45, 2.75) is 38.6 Å². The van der Waals surface area contributed by atoms with Gasteiger partial charge in [-0.3, -0.25) is 19.5 Å². The molecule has 0 atom stereocenters. The molecule has 124 valence electrons. The molecule has 0 aliphatic carbocycles. The van der Waals surface area contributed by atoms with Crippen LogP contribution in [-0.4, -0.2) is 27.8 Å². The fourth-order valence-electron chi connectivity index (χ4n) is 3.57. The lowest BCUT2D eigenvalue weighted by atomic mass is 9.90. The summed E-state index contributed by atoms with van der Waals surface area (Å²) in [6, 6.07) is 12.5. The SMILES string of the molecule is Cn1[nH]c(=O)cc1CN1CCC(CCCc2ccccc2)CC1. The number of rotatable bonds is 6. The lowest BCUT2D eigenvalue weighted by molar-refractivity contribution is 0.167. The zero-order valence-electron chi connectivity index (χ0n) is 14.0. The summed E-state index contributed by atoms with van der Waals surface area (Å²) in [4.78, 5) is 13.8. The number of hydrogen-bond acceptors (Lipinski definition) is 2. The number of aromatic amines is 1. The standard InChI is InChI=1S/C19H27N3O/c1-21-18(14-19(23)20-21)15-22-12-10-17(11-13-22)9-5-8-16-6-3-2-4-7-16/h2-4,6-7,14,17H,5,8-13,15H2,1H3,(H,20,23). The lowest BCUT2D eigenvalue weighted by Crippen LogP contribution is -2.33. The highest BCUT2D eigenvalue weighted by Crippen LogP contribution is 2.23. The van der Waals surface area contributed by atoms with Crippen LogP contribution in [0, 0.1) is 5.92 Å². The van der Waals surface area contributed by atoms with Gasteiger partial charge in [-0.2, -0.15) is 0 Å². The summed E-state index contributed by atoms with van der Waals surface area (Å²) in [7, 11) is 1.91. The van der Waals surface area contributed by atoms with Crippen molar-refractivity contribution in [1.82, 2.24) is 14.7 Å². The van der Waals surface area contributed by atoms with Crippen LogP contribution in [0.5, 0.6) is 0 Å². The second-order valence-corrected chi connectivity index (χ2v) is 6.77. The topological polar surface area (TPSA) is 41.0 Å². The molecule has 1 N–H and O–H groups in total. The summed E-state index contributed by atoms with van der Waals surface area (Å²) >= 11 is 0. The Bertz CT molecular complexity index is 651. The molecular weight excluding hydrogens is 286 g/mol. The van der Waals surface area contributed by atoms with E-state index >= 15 is 0 Å². The minimum atomic E-state index is -0.00158. The largest absolute Gasteiger partial charge is 0.298 e. The van der Waals surface area contributed by atoms with Gasteiger partial charge in [-0.15, -0.1) is 0 Å². The maximum atomic E-state index is 11.3. The molecule has 3 rings (SSSR count). The zero-order chi connectivity index (χ0) is 16.1. The van der Waals surface area contributed by atoms with Gasteiger partial charge in [-0.05, 0) is 50.3 Å². The van der Waals surface area contributed by atoms with Gasteiger partial charge in [0.1, 0.15) is 0 Å². The molecule has 23 heavy (non-hydrogen) atoms. The number of likely N-dealkylation sites (tertiary alicyclic amines) is 1. The average molecular weight is 313 g/mol. The number of benzene rings is 1. The molecule has 4 heteroatoms. The van der Waals surface area contributed by atoms with Gasteiger partial charge >= 0.3 is 0 Å². The van der Waals surface area contributed by atoms with E-state index in [1.807, 2.05) is 11.7 Å². The summed E-state index contributed by atoms with van der Waals surface area (Å²) < 4.78 is 1.84. The van der Waals surface area contributed by atoms with Crippen LogP contribution < -0.4 is 5.56 Å². The van der Waals surface area contributed by atoms with Crippen molar-refractivity contribution in [3.05, 3.63) is 58.0 Å². The molecule has 1 saturated heterocycles. The monoisotopic (exact) mass is 313 g/mol. The van der Waals surface area contributed by atoms with E-state index in [0.717, 1.165) is 31.2 Å². The molecule has 1 aliphatic rings. The number of aromatic nitrogens is 2. The smallest absolute Gasteiger partial charge is 0.264 e. The molecule has 0 bridgehead atoms. The third-order valence-corrected chi connectivity index (χ3v) is 5.02. The predicted molar refractivity (Wildman–Crippen MR) is 93.4 cm³/mol. The maximum absolute atomic E-state index is 11.3. The Kier molecular flexibility index (Phi) is 5.34. The Balaban J connectivity index is 1.38. The average Bonchev–Trinajstić information content (AvgIpc) is 2.88. The van der Waals surface area contributed by atoms with Gasteiger partial charge in [0.25, 0.3) is 5.56 Å². The first-order chi connectivity index (χ1) is 11.2. The zero-order valence-corrected chi connectivity index (χ0v) is 14.0. The number of hydrogen-bond donors (Lipinski definition) is 1. The van der Waals surface area contributed by atoms with Crippen LogP contribution in [0.3, 0.4) is 0 Å². The van der Waals surface area contributed by atoms with Gasteiger partial charge in [-0.1, -0.05) is 36.8 Å². The van der Waals surface area contributed by atoms with E-state index in [1.54, 1.807) is 6.07 Å². The van der Waals surface area contributed by atoms with Gasteiger partial charge in [0.05, 0.1) is 5.69 Å². The Morgan fingerprint density at radius 1 is 1.17 bits per heavy atom. The lowest BCUT2D eigenvalue weighted by Gasteiger charge is -2.31. The van der Waals surface area contributed by atoms with Crippen molar-refractivity contribution >= 4 is 0 Å². The van der Waals surface area contributed by atoms with E-state index in [0.29, 0.717) is 0 Å². The second-order valence-electron chi connectivity index (χ2n) is 6.77. The van der Waals surface area contributed by atoms with Crippen molar-refractivity contribution in [1.29, 1.82) is 0 Å². The van der Waals surface area contributed by atoms with E-state index in [9.17, 15) is 4.79 Å². The number of H-pyrrole nitrogens is 1. The first-order valence-corrected chi connectivity index (χ1v) is 8.72. The van der Waals surface area contributed by atoms with Crippen LogP contribution in [0.2, 0.25) is 0 Å². The van der Waals surface area contributed by atoms with E-state index in [1.165, 1.54) is 37.7 Å². The van der Waals surface area contributed by atoms with Gasteiger partial charge in [0.2, 0.25) is 0 Å². The highest BCUT2D eigenvalue weighted by Gasteiger charge is 2.19. The number of piperidine rings is 1. The third-order valence-electron chi connectivity index (χ3n) is 5.02. The summed E-state index contributed by atoms with van der Waals surface area (Å²) in [5.74, 6) is 0.866. The van der Waals surface area contributed by atoms with Gasteiger partial charge in [0.15, 0.2) is 0 Å². The third kappa shape index (κ3) is 4.58. The van der Waals surface area contributed by atoms with Crippen LogP contribution in [0.25, 0.3) is 0 Å². The molecule has 2 aromatic rings. The minimum absolute atomic E-state index is 0.00158. The molecule has 0 spiro atoms. The van der Waals surface area contributed by atoms with E-state index < -0.39 is 0 Å². The summed E-state index contributed by atoms with van der Waals surface area (Å²) in [6.07, 6.45) is 6.40. The molecule has 1 aromatic carbocycles. The number of aryl methyl sites for hydroxylation is 2. The Hall–Kier alpha value is -1.81. The quantitative estimate of drug-likeness (QED) is 0.891. The van der Waals surface area contributed by atoms with Gasteiger partial charge < -0.3 is 0 Å². The van der Waals surface area contributed by atoms with E-state index in [4.69, 9.17) is 0 Å². The first-order valence-electron chi connectivity index (χ1n) is 8.72. The molecule has 2 heterocycles. The summed E-state index contributed by atoms with van der Waals surface area (Å²) in [6.45, 7) is 3.18. The van der Waals surface area contributed by atoms with Crippen LogP contribution in [0.1, 0.15) is 36.9 Å². The highest BCUT2D eigenvalue weighted by molar-refractivity contribution is 5.14. The summed E-state index contributed by atoms with van der Waals surface area (Å²) in [5, 5.41) is 2.78. The minimum Gasteiger partial charge on any atom is -0.298 e. The fourth-order valence-corrected chi connectivity index (χ4v) is 3.57. The second kappa shape index (κ2) is 7.64. The normalized spacial score (nSPS) is 16.7. The van der Waals surface area contributed by atoms with Crippen LogP contribution >= 0.6 is 0 Å². The molecule has 1 fully saturated rings. The molecule has 0 amide bonds. The van der Waals surface area contributed by atoms with E-state index in [2.05, 4.69) is 40.3 Å². The molecule has 1 aromatic heterocycles. The Morgan fingerprint density at radius 2 is 1.91 bits per heavy atom. The number of nitrogens with one attached hydrogen (secondary N) is 1. The molecule has 1 aliphatic heterocycles. The van der Waals surface area contributed by atoms with Crippen LogP contribution in [0.4, 0.5) is 0 Å². The van der Waals surface area contributed by atoms with Crippen LogP contribution in [-0.2, 0) is 20.0 Å². The summed E-state index contributed by atoms with van der Waals surface area (Å²) in [5.41, 5.74) is 2.54. The molecule has 0 saturated carbocycles. The molecule has 0 unspecified atom stereocenters. The Morgan fingerprint density at radius 3 is 2.57 bits per heavy atom. The fraction of sp³-hybridized carbons (Fsp3) is 0.526. The predicted octanol–water partition coefficient (Wildman–Crippen LogP) is 2.95. The first kappa shape index (κ1) is 16.1. The van der Waals surface area contributed by atoms with Gasteiger partial charge in [0, 0.05) is 19.7 Å². The van der Waals surface area contributed by atoms with Crippen molar-refractivity contribution < 1.29 is 0 Å². The van der Waals surface area contributed by atoms with E-state index in [-0.39, 0.29) is 5.56 Å². The van der Waals surface area contributed by atoms with Crippen molar-refractivity contribution in [3.63, 3.8) is 0 Å². The maximum Gasteiger partial charge on any atom is 0.264 e. The van der Waals surface area contributed by atoms with Crippen LogP contribution in [0.15, 0.2) is 41.2 Å². The number of nitrogens with zero attached hydrogens (tertiary/aromatic N) is 2. The van der Waals surface area contributed by atoms with Crippen molar-refractivity contribution in [2.75, 3.05) is 13.1 Å². The highest BCUT2D eigenvalue weighted by atomic mass is 16.1. The van der Waals surface area contributed by atoms with Gasteiger partial charge in [-0.25, -0.2) is 0 Å². The van der Waals surface area contributed by atoms with Crippen molar-refractivity contribution in [2.24, 2.45) is 13.0 Å². The molecule has 0 radical (unpaired) electrons. The molecule has 4 nitrogen and oxygen atoms in total. The molecular formula is C19H27N3O. The van der Waals surface area contributed by atoms with Crippen molar-refractivity contribution in [3.8, 4) is 0 Å².